The fourth-order valence-corrected chi connectivity index (χ4v) is 1.87. The zero-order valence-corrected chi connectivity index (χ0v) is 8.91. The zero-order chi connectivity index (χ0) is 10.9. The van der Waals surface area contributed by atoms with Crippen LogP contribution in [0.25, 0.3) is 0 Å². The molecule has 0 aromatic carbocycles. The first-order valence-corrected chi connectivity index (χ1v) is 4.88. The molecular formula is C10H17NO3. The third-order valence-corrected chi connectivity index (χ3v) is 2.71. The number of carbonyl (C=O) groups excluding carboxylic acids is 1. The van der Waals surface area contributed by atoms with E-state index in [2.05, 4.69) is 0 Å². The molecule has 0 aromatic heterocycles. The molecular weight excluding hydrogens is 182 g/mol. The second kappa shape index (κ2) is 3.59. The summed E-state index contributed by atoms with van der Waals surface area (Å²) in [6.07, 6.45) is 0.454. The van der Waals surface area contributed by atoms with Crippen LogP contribution in [0.2, 0.25) is 0 Å². The maximum absolute atomic E-state index is 11.8. The Kier molecular flexibility index (Phi) is 2.83. The van der Waals surface area contributed by atoms with E-state index in [0.29, 0.717) is 6.54 Å². The molecule has 1 atom stereocenters. The number of piperidine rings is 1. The van der Waals surface area contributed by atoms with Gasteiger partial charge in [-0.1, -0.05) is 20.8 Å². The van der Waals surface area contributed by atoms with Crippen molar-refractivity contribution >= 4 is 12.0 Å². The van der Waals surface area contributed by atoms with Crippen molar-refractivity contribution in [1.82, 2.24) is 4.90 Å². The van der Waals surface area contributed by atoms with Gasteiger partial charge in [-0.05, 0) is 18.3 Å². The summed E-state index contributed by atoms with van der Waals surface area (Å²) in [7, 11) is 0. The Bertz CT molecular complexity index is 255. The van der Waals surface area contributed by atoms with Crippen LogP contribution in [-0.4, -0.2) is 28.6 Å². The topological polar surface area (TPSA) is 57.6 Å². The Labute approximate surface area is 83.9 Å². The highest BCUT2D eigenvalue weighted by atomic mass is 16.4. The molecule has 1 fully saturated rings. The minimum absolute atomic E-state index is 0.148. The van der Waals surface area contributed by atoms with Crippen molar-refractivity contribution in [2.24, 2.45) is 11.3 Å². The van der Waals surface area contributed by atoms with E-state index in [1.807, 2.05) is 20.8 Å². The van der Waals surface area contributed by atoms with Gasteiger partial charge in [-0.2, -0.15) is 0 Å². The van der Waals surface area contributed by atoms with Crippen LogP contribution in [0.1, 0.15) is 33.6 Å². The minimum atomic E-state index is -1.12. The highest BCUT2D eigenvalue weighted by Gasteiger charge is 2.39. The number of likely N-dealkylation sites (tertiary alicyclic amines) is 1. The lowest BCUT2D eigenvalue weighted by atomic mass is 9.76. The number of carbonyl (C=O) groups is 2. The van der Waals surface area contributed by atoms with Crippen molar-refractivity contribution in [3.63, 3.8) is 0 Å². The minimum Gasteiger partial charge on any atom is -0.465 e. The van der Waals surface area contributed by atoms with Crippen molar-refractivity contribution in [1.29, 1.82) is 0 Å². The maximum Gasteiger partial charge on any atom is 0.414 e. The summed E-state index contributed by atoms with van der Waals surface area (Å²) in [5.41, 5.74) is -0.148. The van der Waals surface area contributed by atoms with Gasteiger partial charge in [0, 0.05) is 12.5 Å². The van der Waals surface area contributed by atoms with E-state index in [1.165, 1.54) is 0 Å². The molecule has 0 aromatic rings. The first-order chi connectivity index (χ1) is 6.34. The number of hydrogen-bond donors (Lipinski definition) is 1. The molecule has 0 radical (unpaired) electrons. The number of imide groups is 1. The lowest BCUT2D eigenvalue weighted by Crippen LogP contribution is -2.48. The predicted molar refractivity (Wildman–Crippen MR) is 51.9 cm³/mol. The normalized spacial score (nSPS) is 23.8. The number of amides is 2. The van der Waals surface area contributed by atoms with Gasteiger partial charge in [-0.3, -0.25) is 4.79 Å². The molecule has 14 heavy (non-hydrogen) atoms. The van der Waals surface area contributed by atoms with Crippen LogP contribution in [0.5, 0.6) is 0 Å². The van der Waals surface area contributed by atoms with E-state index in [-0.39, 0.29) is 17.2 Å². The van der Waals surface area contributed by atoms with Crippen molar-refractivity contribution in [3.05, 3.63) is 0 Å². The van der Waals surface area contributed by atoms with Crippen LogP contribution in [0.15, 0.2) is 0 Å². The molecule has 1 N–H and O–H groups in total. The second-order valence-electron chi connectivity index (χ2n) is 4.83. The summed E-state index contributed by atoms with van der Waals surface area (Å²) in [6.45, 7) is 6.27. The summed E-state index contributed by atoms with van der Waals surface area (Å²) in [4.78, 5) is 23.4. The Morgan fingerprint density at radius 3 is 2.50 bits per heavy atom. The number of carboxylic acid groups (broad SMARTS) is 1. The van der Waals surface area contributed by atoms with Crippen molar-refractivity contribution < 1.29 is 14.7 Å². The molecule has 0 bridgehead atoms. The molecule has 0 spiro atoms. The van der Waals surface area contributed by atoms with Crippen molar-refractivity contribution in [3.8, 4) is 0 Å². The van der Waals surface area contributed by atoms with Gasteiger partial charge >= 0.3 is 6.09 Å². The summed E-state index contributed by atoms with van der Waals surface area (Å²) < 4.78 is 0. The number of nitrogens with zero attached hydrogens (tertiary/aromatic N) is 1. The molecule has 1 aliphatic rings. The van der Waals surface area contributed by atoms with Crippen LogP contribution in [0.3, 0.4) is 0 Å². The van der Waals surface area contributed by atoms with Crippen LogP contribution in [0, 0.1) is 11.3 Å². The molecule has 0 aliphatic carbocycles. The van der Waals surface area contributed by atoms with Crippen LogP contribution in [-0.2, 0) is 4.79 Å². The van der Waals surface area contributed by atoms with Crippen LogP contribution < -0.4 is 0 Å². The van der Waals surface area contributed by atoms with Crippen molar-refractivity contribution in [2.75, 3.05) is 6.54 Å². The Morgan fingerprint density at radius 2 is 2.07 bits per heavy atom. The molecule has 1 rings (SSSR count). The monoisotopic (exact) mass is 199 g/mol. The van der Waals surface area contributed by atoms with Gasteiger partial charge in [0.1, 0.15) is 0 Å². The van der Waals surface area contributed by atoms with Gasteiger partial charge in [-0.25, -0.2) is 9.69 Å². The van der Waals surface area contributed by atoms with E-state index in [1.54, 1.807) is 0 Å². The standard InChI is InChI=1S/C10H17NO3/c1-10(2,3)7-5-4-6-11(8(7)12)9(13)14/h7H,4-6H2,1-3H3,(H,13,14). The lowest BCUT2D eigenvalue weighted by Gasteiger charge is -2.36. The predicted octanol–water partition coefficient (Wildman–Crippen LogP) is 1.95. The molecule has 2 amide bonds. The van der Waals surface area contributed by atoms with E-state index in [9.17, 15) is 9.59 Å². The summed E-state index contributed by atoms with van der Waals surface area (Å²) in [5, 5.41) is 8.80. The van der Waals surface area contributed by atoms with Gasteiger partial charge in [0.15, 0.2) is 0 Å². The largest absolute Gasteiger partial charge is 0.465 e. The number of rotatable bonds is 0. The second-order valence-corrected chi connectivity index (χ2v) is 4.83. The van der Waals surface area contributed by atoms with E-state index in [0.717, 1.165) is 17.7 Å². The highest BCUT2D eigenvalue weighted by Crippen LogP contribution is 2.34. The summed E-state index contributed by atoms with van der Waals surface area (Å²) >= 11 is 0. The van der Waals surface area contributed by atoms with E-state index < -0.39 is 6.09 Å². The van der Waals surface area contributed by atoms with Gasteiger partial charge in [0.25, 0.3) is 0 Å². The molecule has 0 saturated carbocycles. The smallest absolute Gasteiger partial charge is 0.414 e. The third-order valence-electron chi connectivity index (χ3n) is 2.71. The van der Waals surface area contributed by atoms with Gasteiger partial charge in [0.2, 0.25) is 5.91 Å². The van der Waals surface area contributed by atoms with E-state index >= 15 is 0 Å². The van der Waals surface area contributed by atoms with E-state index in [4.69, 9.17) is 5.11 Å². The van der Waals surface area contributed by atoms with Gasteiger partial charge in [0.05, 0.1) is 0 Å². The average Bonchev–Trinajstić information content (AvgIpc) is 2.01. The summed E-state index contributed by atoms with van der Waals surface area (Å²) in [5.74, 6) is -0.399. The fourth-order valence-electron chi connectivity index (χ4n) is 1.87. The Hall–Kier alpha value is -1.06. The average molecular weight is 199 g/mol. The fraction of sp³-hybridized carbons (Fsp3) is 0.800. The Balaban J connectivity index is 2.82. The Morgan fingerprint density at radius 1 is 1.50 bits per heavy atom. The molecule has 80 valence electrons. The molecule has 4 heteroatoms. The first kappa shape index (κ1) is 11.0. The van der Waals surface area contributed by atoms with Crippen LogP contribution in [0.4, 0.5) is 4.79 Å². The molecule has 1 heterocycles. The lowest BCUT2D eigenvalue weighted by molar-refractivity contribution is -0.139. The summed E-state index contributed by atoms with van der Waals surface area (Å²) in [6, 6.07) is 0. The maximum atomic E-state index is 11.8. The van der Waals surface area contributed by atoms with Gasteiger partial charge < -0.3 is 5.11 Å². The number of hydrogen-bond acceptors (Lipinski definition) is 2. The quantitative estimate of drug-likeness (QED) is 0.648. The molecule has 4 nitrogen and oxygen atoms in total. The van der Waals surface area contributed by atoms with Crippen molar-refractivity contribution in [2.45, 2.75) is 33.6 Å². The first-order valence-electron chi connectivity index (χ1n) is 4.88. The molecule has 1 saturated heterocycles. The zero-order valence-electron chi connectivity index (χ0n) is 8.91. The van der Waals surface area contributed by atoms with Gasteiger partial charge in [-0.15, -0.1) is 0 Å². The molecule has 1 unspecified atom stereocenters. The van der Waals surface area contributed by atoms with Crippen LogP contribution >= 0.6 is 0 Å². The SMILES string of the molecule is CC(C)(C)C1CCCN(C(=O)O)C1=O. The molecule has 1 aliphatic heterocycles. The third kappa shape index (κ3) is 2.05. The highest BCUT2D eigenvalue weighted by molar-refractivity contribution is 5.93.